The maximum Gasteiger partial charge on any atom is 0.113 e. The molecule has 2 N–H and O–H groups in total. The van der Waals surface area contributed by atoms with E-state index in [1.54, 1.807) is 11.3 Å². The Labute approximate surface area is 107 Å². The molecular formula is C13H19N3S. The summed E-state index contributed by atoms with van der Waals surface area (Å²) in [5.74, 6) is 0. The van der Waals surface area contributed by atoms with Gasteiger partial charge in [0.1, 0.15) is 10.4 Å². The van der Waals surface area contributed by atoms with Gasteiger partial charge in [0.2, 0.25) is 0 Å². The molecule has 17 heavy (non-hydrogen) atoms. The first-order valence-corrected chi connectivity index (χ1v) is 7.02. The van der Waals surface area contributed by atoms with Gasteiger partial charge in [-0.3, -0.25) is 0 Å². The lowest BCUT2D eigenvalue weighted by atomic mass is 9.80. The lowest BCUT2D eigenvalue weighted by Gasteiger charge is -2.31. The van der Waals surface area contributed by atoms with Crippen LogP contribution >= 0.6 is 11.3 Å². The van der Waals surface area contributed by atoms with E-state index in [-0.39, 0.29) is 5.54 Å². The van der Waals surface area contributed by atoms with E-state index < -0.39 is 5.41 Å². The predicted molar refractivity (Wildman–Crippen MR) is 69.7 cm³/mol. The molecule has 4 heteroatoms. The Morgan fingerprint density at radius 1 is 1.41 bits per heavy atom. The summed E-state index contributed by atoms with van der Waals surface area (Å²) in [5.41, 5.74) is 6.67. The molecular weight excluding hydrogens is 230 g/mol. The number of nitrogens with zero attached hydrogens (tertiary/aromatic N) is 2. The van der Waals surface area contributed by atoms with E-state index in [0.717, 1.165) is 23.5 Å². The van der Waals surface area contributed by atoms with Gasteiger partial charge in [-0.2, -0.15) is 5.26 Å². The SMILES string of the molecule is CC(C)(C#N)c1nc(C2(N)CCCCC2)cs1. The molecule has 3 nitrogen and oxygen atoms in total. The van der Waals surface area contributed by atoms with Gasteiger partial charge in [-0.1, -0.05) is 19.3 Å². The molecule has 1 saturated carbocycles. The van der Waals surface area contributed by atoms with Gasteiger partial charge in [-0.15, -0.1) is 11.3 Å². The van der Waals surface area contributed by atoms with Crippen LogP contribution in [-0.2, 0) is 11.0 Å². The van der Waals surface area contributed by atoms with Gasteiger partial charge < -0.3 is 5.73 Å². The highest BCUT2D eigenvalue weighted by molar-refractivity contribution is 7.09. The van der Waals surface area contributed by atoms with E-state index in [1.165, 1.54) is 19.3 Å². The van der Waals surface area contributed by atoms with Crippen LogP contribution in [0.15, 0.2) is 5.38 Å². The van der Waals surface area contributed by atoms with Gasteiger partial charge in [0.15, 0.2) is 0 Å². The zero-order chi connectivity index (χ0) is 12.5. The molecule has 0 bridgehead atoms. The molecule has 1 fully saturated rings. The molecule has 0 spiro atoms. The summed E-state index contributed by atoms with van der Waals surface area (Å²) in [5, 5.41) is 12.0. The van der Waals surface area contributed by atoms with Crippen LogP contribution in [0.3, 0.4) is 0 Å². The molecule has 92 valence electrons. The molecule has 0 saturated heterocycles. The molecule has 0 aromatic carbocycles. The molecule has 1 aliphatic rings. The second-order valence-corrected chi connectivity index (χ2v) is 6.35. The lowest BCUT2D eigenvalue weighted by Crippen LogP contribution is -2.39. The molecule has 1 aliphatic carbocycles. The number of nitriles is 1. The van der Waals surface area contributed by atoms with E-state index in [9.17, 15) is 0 Å². The van der Waals surface area contributed by atoms with Gasteiger partial charge >= 0.3 is 0 Å². The number of nitrogens with two attached hydrogens (primary N) is 1. The average molecular weight is 249 g/mol. The topological polar surface area (TPSA) is 62.7 Å². The highest BCUT2D eigenvalue weighted by Gasteiger charge is 2.33. The summed E-state index contributed by atoms with van der Waals surface area (Å²) in [6.07, 6.45) is 5.68. The number of thiazole rings is 1. The maximum absolute atomic E-state index is 9.12. The third kappa shape index (κ3) is 2.36. The summed E-state index contributed by atoms with van der Waals surface area (Å²) in [6.45, 7) is 3.80. The third-order valence-corrected chi connectivity index (χ3v) is 4.74. The van der Waals surface area contributed by atoms with Crippen molar-refractivity contribution >= 4 is 11.3 Å². The van der Waals surface area contributed by atoms with Crippen molar-refractivity contribution in [2.75, 3.05) is 0 Å². The van der Waals surface area contributed by atoms with Crippen LogP contribution in [0.1, 0.15) is 56.7 Å². The largest absolute Gasteiger partial charge is 0.320 e. The van der Waals surface area contributed by atoms with E-state index in [0.29, 0.717) is 0 Å². The monoisotopic (exact) mass is 249 g/mol. The van der Waals surface area contributed by atoms with E-state index >= 15 is 0 Å². The highest BCUT2D eigenvalue weighted by Crippen LogP contribution is 2.37. The van der Waals surface area contributed by atoms with Crippen molar-refractivity contribution in [1.82, 2.24) is 4.98 Å². The number of aromatic nitrogens is 1. The Morgan fingerprint density at radius 3 is 2.65 bits per heavy atom. The second-order valence-electron chi connectivity index (χ2n) is 5.49. The Hall–Kier alpha value is -0.920. The van der Waals surface area contributed by atoms with Crippen molar-refractivity contribution < 1.29 is 0 Å². The fourth-order valence-electron chi connectivity index (χ4n) is 2.28. The first-order valence-electron chi connectivity index (χ1n) is 6.15. The molecule has 2 rings (SSSR count). The van der Waals surface area contributed by atoms with Crippen LogP contribution in [0, 0.1) is 11.3 Å². The van der Waals surface area contributed by atoms with Gasteiger partial charge in [0.25, 0.3) is 0 Å². The van der Waals surface area contributed by atoms with Crippen LogP contribution < -0.4 is 5.73 Å². The molecule has 0 atom stereocenters. The minimum Gasteiger partial charge on any atom is -0.320 e. The molecule has 0 aliphatic heterocycles. The quantitative estimate of drug-likeness (QED) is 0.876. The number of hydrogen-bond acceptors (Lipinski definition) is 4. The number of hydrogen-bond donors (Lipinski definition) is 1. The van der Waals surface area contributed by atoms with Crippen molar-refractivity contribution in [3.8, 4) is 6.07 Å². The minimum atomic E-state index is -0.506. The zero-order valence-corrected chi connectivity index (χ0v) is 11.3. The molecule has 0 unspecified atom stereocenters. The molecule has 0 radical (unpaired) electrons. The van der Waals surface area contributed by atoms with E-state index in [2.05, 4.69) is 11.1 Å². The third-order valence-electron chi connectivity index (χ3n) is 3.57. The van der Waals surface area contributed by atoms with Crippen molar-refractivity contribution in [2.45, 2.75) is 56.9 Å². The van der Waals surface area contributed by atoms with E-state index in [4.69, 9.17) is 11.0 Å². The van der Waals surface area contributed by atoms with Gasteiger partial charge in [0.05, 0.1) is 17.3 Å². The Morgan fingerprint density at radius 2 is 2.06 bits per heavy atom. The predicted octanol–water partition coefficient (Wildman–Crippen LogP) is 3.06. The standard InChI is InChI=1S/C13H19N3S/c1-12(2,9-14)11-16-10(8-17-11)13(15)6-4-3-5-7-13/h8H,3-7,15H2,1-2H3. The Bertz CT molecular complexity index is 436. The number of rotatable bonds is 2. The van der Waals surface area contributed by atoms with Crippen molar-refractivity contribution in [1.29, 1.82) is 5.26 Å². The van der Waals surface area contributed by atoms with Crippen molar-refractivity contribution in [3.05, 3.63) is 16.1 Å². The fraction of sp³-hybridized carbons (Fsp3) is 0.692. The second kappa shape index (κ2) is 4.40. The summed E-state index contributed by atoms with van der Waals surface area (Å²) in [7, 11) is 0. The summed E-state index contributed by atoms with van der Waals surface area (Å²) in [6, 6.07) is 2.29. The van der Waals surface area contributed by atoms with Crippen LogP contribution in [0.5, 0.6) is 0 Å². The summed E-state index contributed by atoms with van der Waals surface area (Å²) in [4.78, 5) is 4.62. The minimum absolute atomic E-state index is 0.251. The van der Waals surface area contributed by atoms with Crippen LogP contribution in [0.2, 0.25) is 0 Å². The molecule has 1 aromatic rings. The van der Waals surface area contributed by atoms with Crippen molar-refractivity contribution in [2.24, 2.45) is 5.73 Å². The van der Waals surface area contributed by atoms with Crippen LogP contribution in [0.4, 0.5) is 0 Å². The normalized spacial score (nSPS) is 19.9. The first-order chi connectivity index (χ1) is 7.98. The van der Waals surface area contributed by atoms with Crippen molar-refractivity contribution in [3.63, 3.8) is 0 Å². The first kappa shape index (κ1) is 12.5. The molecule has 1 aromatic heterocycles. The smallest absolute Gasteiger partial charge is 0.113 e. The highest BCUT2D eigenvalue weighted by atomic mass is 32.1. The molecule has 1 heterocycles. The Kier molecular flexibility index (Phi) is 3.24. The van der Waals surface area contributed by atoms with Gasteiger partial charge in [-0.25, -0.2) is 4.98 Å². The lowest BCUT2D eigenvalue weighted by molar-refractivity contribution is 0.295. The molecule has 0 amide bonds. The van der Waals surface area contributed by atoms with Crippen LogP contribution in [0.25, 0.3) is 0 Å². The zero-order valence-electron chi connectivity index (χ0n) is 10.5. The van der Waals surface area contributed by atoms with Crippen LogP contribution in [-0.4, -0.2) is 4.98 Å². The summed E-state index contributed by atoms with van der Waals surface area (Å²) >= 11 is 1.56. The summed E-state index contributed by atoms with van der Waals surface area (Å²) < 4.78 is 0. The maximum atomic E-state index is 9.12. The van der Waals surface area contributed by atoms with E-state index in [1.807, 2.05) is 19.2 Å². The van der Waals surface area contributed by atoms with Gasteiger partial charge in [0, 0.05) is 5.38 Å². The van der Waals surface area contributed by atoms with Gasteiger partial charge in [-0.05, 0) is 26.7 Å². The average Bonchev–Trinajstić information content (AvgIpc) is 2.80. The fourth-order valence-corrected chi connectivity index (χ4v) is 3.28. The Balaban J connectivity index is 2.27.